The highest BCUT2D eigenvalue weighted by Gasteiger charge is 2.39. The van der Waals surface area contributed by atoms with Crippen LogP contribution in [0.3, 0.4) is 0 Å². The molecule has 124 valence electrons. The first kappa shape index (κ1) is 16.8. The lowest BCUT2D eigenvalue weighted by Gasteiger charge is -2.10. The molecule has 0 atom stereocenters. The summed E-state index contributed by atoms with van der Waals surface area (Å²) in [5.41, 5.74) is -3.50. The Labute approximate surface area is 125 Å². The average molecular weight is 337 g/mol. The molecule has 4 nitrogen and oxygen atoms in total. The number of nitrogens with zero attached hydrogens (tertiary/aromatic N) is 2. The molecule has 2 rings (SSSR count). The number of anilines is 1. The molecule has 0 bridgehead atoms. The molecule has 1 aromatic carbocycles. The SMILES string of the molecule is Cn1cc(C(=O)Nc2cccc(C(F)(F)F)c2)c(C(F)(F)F)n1. The van der Waals surface area contributed by atoms with Crippen molar-refractivity contribution in [3.8, 4) is 0 Å². The van der Waals surface area contributed by atoms with E-state index < -0.39 is 35.1 Å². The van der Waals surface area contributed by atoms with E-state index in [4.69, 9.17) is 0 Å². The first-order valence-electron chi connectivity index (χ1n) is 6.08. The molecule has 0 aliphatic rings. The fourth-order valence-electron chi connectivity index (χ4n) is 1.84. The first-order chi connectivity index (χ1) is 10.5. The number of amides is 1. The van der Waals surface area contributed by atoms with Crippen LogP contribution < -0.4 is 5.32 Å². The molecule has 0 spiro atoms. The van der Waals surface area contributed by atoms with Crippen LogP contribution in [0.4, 0.5) is 32.0 Å². The number of aromatic nitrogens is 2. The largest absolute Gasteiger partial charge is 0.435 e. The maximum Gasteiger partial charge on any atom is 0.435 e. The Bertz CT molecular complexity index is 732. The number of carbonyl (C=O) groups is 1. The molecule has 1 aromatic heterocycles. The Morgan fingerprint density at radius 3 is 2.35 bits per heavy atom. The van der Waals surface area contributed by atoms with Crippen LogP contribution in [-0.2, 0) is 19.4 Å². The van der Waals surface area contributed by atoms with E-state index >= 15 is 0 Å². The minimum Gasteiger partial charge on any atom is -0.322 e. The quantitative estimate of drug-likeness (QED) is 0.849. The number of rotatable bonds is 2. The van der Waals surface area contributed by atoms with Gasteiger partial charge in [0.25, 0.3) is 5.91 Å². The van der Waals surface area contributed by atoms with Gasteiger partial charge in [0, 0.05) is 18.9 Å². The zero-order valence-electron chi connectivity index (χ0n) is 11.5. The summed E-state index contributed by atoms with van der Waals surface area (Å²) in [6, 6.07) is 3.57. The summed E-state index contributed by atoms with van der Waals surface area (Å²) in [5, 5.41) is 5.16. The molecule has 0 saturated carbocycles. The molecule has 10 heteroatoms. The zero-order valence-corrected chi connectivity index (χ0v) is 11.5. The van der Waals surface area contributed by atoms with Gasteiger partial charge in [-0.05, 0) is 18.2 Å². The molecule has 0 radical (unpaired) electrons. The second-order valence-electron chi connectivity index (χ2n) is 4.60. The van der Waals surface area contributed by atoms with Gasteiger partial charge in [0.2, 0.25) is 0 Å². The van der Waals surface area contributed by atoms with E-state index in [9.17, 15) is 31.1 Å². The minimum absolute atomic E-state index is 0.276. The van der Waals surface area contributed by atoms with Crippen molar-refractivity contribution >= 4 is 11.6 Å². The minimum atomic E-state index is -4.86. The lowest BCUT2D eigenvalue weighted by atomic mass is 10.1. The summed E-state index contributed by atoms with van der Waals surface area (Å²) in [6.45, 7) is 0. The Morgan fingerprint density at radius 1 is 1.13 bits per heavy atom. The van der Waals surface area contributed by atoms with Crippen molar-refractivity contribution in [1.82, 2.24) is 9.78 Å². The van der Waals surface area contributed by atoms with Gasteiger partial charge < -0.3 is 5.32 Å². The Kier molecular flexibility index (Phi) is 4.10. The van der Waals surface area contributed by atoms with E-state index in [0.717, 1.165) is 29.1 Å². The van der Waals surface area contributed by atoms with Crippen molar-refractivity contribution in [3.05, 3.63) is 47.3 Å². The normalized spacial score (nSPS) is 12.3. The molecule has 1 amide bonds. The Morgan fingerprint density at radius 2 is 1.78 bits per heavy atom. The highest BCUT2D eigenvalue weighted by atomic mass is 19.4. The molecule has 0 fully saturated rings. The number of hydrogen-bond acceptors (Lipinski definition) is 2. The van der Waals surface area contributed by atoms with Crippen LogP contribution in [0.5, 0.6) is 0 Å². The van der Waals surface area contributed by atoms with E-state index in [-0.39, 0.29) is 5.69 Å². The van der Waals surface area contributed by atoms with Crippen LogP contribution in [0.1, 0.15) is 21.6 Å². The van der Waals surface area contributed by atoms with Crippen molar-refractivity contribution in [3.63, 3.8) is 0 Å². The molecular weight excluding hydrogens is 328 g/mol. The number of aryl methyl sites for hydroxylation is 1. The van der Waals surface area contributed by atoms with Crippen molar-refractivity contribution in [2.24, 2.45) is 7.05 Å². The average Bonchev–Trinajstić information content (AvgIpc) is 2.80. The third kappa shape index (κ3) is 3.82. The fourth-order valence-corrected chi connectivity index (χ4v) is 1.84. The molecule has 0 aliphatic heterocycles. The third-order valence-corrected chi connectivity index (χ3v) is 2.79. The predicted octanol–water partition coefficient (Wildman–Crippen LogP) is 3.71. The Hall–Kier alpha value is -2.52. The van der Waals surface area contributed by atoms with Crippen molar-refractivity contribution in [2.45, 2.75) is 12.4 Å². The van der Waals surface area contributed by atoms with Gasteiger partial charge >= 0.3 is 12.4 Å². The fraction of sp³-hybridized carbons (Fsp3) is 0.231. The van der Waals surface area contributed by atoms with Gasteiger partial charge in [-0.15, -0.1) is 0 Å². The topological polar surface area (TPSA) is 46.9 Å². The molecule has 2 aromatic rings. The summed E-state index contributed by atoms with van der Waals surface area (Å²) < 4.78 is 76.9. The summed E-state index contributed by atoms with van der Waals surface area (Å²) in [5.74, 6) is -1.20. The number of carbonyl (C=O) groups excluding carboxylic acids is 1. The lowest BCUT2D eigenvalue weighted by Crippen LogP contribution is -2.18. The zero-order chi connectivity index (χ0) is 17.4. The van der Waals surface area contributed by atoms with Gasteiger partial charge in [-0.25, -0.2) is 0 Å². The van der Waals surface area contributed by atoms with Crippen LogP contribution in [0.15, 0.2) is 30.5 Å². The number of nitrogens with one attached hydrogen (secondary N) is 1. The summed E-state index contributed by atoms with van der Waals surface area (Å²) in [7, 11) is 1.19. The van der Waals surface area contributed by atoms with Gasteiger partial charge in [-0.3, -0.25) is 9.48 Å². The van der Waals surface area contributed by atoms with E-state index in [2.05, 4.69) is 5.10 Å². The summed E-state index contributed by atoms with van der Waals surface area (Å²) in [6.07, 6.45) is -8.65. The van der Waals surface area contributed by atoms with Gasteiger partial charge in [0.1, 0.15) is 0 Å². The van der Waals surface area contributed by atoms with Crippen molar-refractivity contribution in [1.29, 1.82) is 0 Å². The lowest BCUT2D eigenvalue weighted by molar-refractivity contribution is -0.141. The van der Waals surface area contributed by atoms with E-state index in [1.165, 1.54) is 7.05 Å². The molecule has 0 aliphatic carbocycles. The van der Waals surface area contributed by atoms with Crippen LogP contribution >= 0.6 is 0 Å². The molecular formula is C13H9F6N3O. The molecule has 1 heterocycles. The second-order valence-corrected chi connectivity index (χ2v) is 4.60. The maximum absolute atomic E-state index is 12.8. The highest BCUT2D eigenvalue weighted by molar-refractivity contribution is 6.05. The highest BCUT2D eigenvalue weighted by Crippen LogP contribution is 2.32. The van der Waals surface area contributed by atoms with Crippen LogP contribution in [0, 0.1) is 0 Å². The van der Waals surface area contributed by atoms with E-state index in [1.54, 1.807) is 0 Å². The monoisotopic (exact) mass is 337 g/mol. The molecule has 0 saturated heterocycles. The smallest absolute Gasteiger partial charge is 0.322 e. The van der Waals surface area contributed by atoms with Gasteiger partial charge in [0.15, 0.2) is 5.69 Å². The maximum atomic E-state index is 12.8. The second kappa shape index (κ2) is 5.60. The first-order valence-corrected chi connectivity index (χ1v) is 6.08. The van der Waals surface area contributed by atoms with Crippen molar-refractivity contribution < 1.29 is 31.1 Å². The summed E-state index contributed by atoms with van der Waals surface area (Å²) >= 11 is 0. The standard InChI is InChI=1S/C13H9F6N3O/c1-22-6-9(10(21-22)13(17,18)19)11(23)20-8-4-2-3-7(5-8)12(14,15)16/h2-6H,1H3,(H,20,23). The van der Waals surface area contributed by atoms with E-state index in [1.807, 2.05) is 5.32 Å². The number of alkyl halides is 6. The number of halogens is 6. The third-order valence-electron chi connectivity index (χ3n) is 2.79. The van der Waals surface area contributed by atoms with Crippen LogP contribution in [0.2, 0.25) is 0 Å². The number of hydrogen-bond donors (Lipinski definition) is 1. The molecule has 0 unspecified atom stereocenters. The number of benzene rings is 1. The van der Waals surface area contributed by atoms with Gasteiger partial charge in [-0.1, -0.05) is 6.07 Å². The predicted molar refractivity (Wildman–Crippen MR) is 67.6 cm³/mol. The van der Waals surface area contributed by atoms with Crippen LogP contribution in [0.25, 0.3) is 0 Å². The van der Waals surface area contributed by atoms with E-state index in [0.29, 0.717) is 6.07 Å². The molecule has 1 N–H and O–H groups in total. The van der Waals surface area contributed by atoms with Crippen LogP contribution in [-0.4, -0.2) is 15.7 Å². The Balaban J connectivity index is 2.31. The summed E-state index contributed by atoms with van der Waals surface area (Å²) in [4.78, 5) is 11.9. The van der Waals surface area contributed by atoms with Crippen molar-refractivity contribution in [2.75, 3.05) is 5.32 Å². The molecule has 23 heavy (non-hydrogen) atoms. The van der Waals surface area contributed by atoms with Gasteiger partial charge in [0.05, 0.1) is 11.1 Å². The van der Waals surface area contributed by atoms with Gasteiger partial charge in [-0.2, -0.15) is 31.4 Å².